The SMILES string of the molecule is COc1ccc(OC)c(N2CC(C(=O)N(C)Cc3cc(Br)ccc3F)CC2=O)c1. The van der Waals surface area contributed by atoms with E-state index in [-0.39, 0.29) is 37.1 Å². The topological polar surface area (TPSA) is 59.1 Å². The number of amides is 2. The molecule has 0 saturated carbocycles. The van der Waals surface area contributed by atoms with E-state index in [4.69, 9.17) is 9.47 Å². The van der Waals surface area contributed by atoms with E-state index in [0.29, 0.717) is 22.7 Å². The normalized spacial score (nSPS) is 16.1. The molecule has 1 atom stereocenters. The van der Waals surface area contributed by atoms with Gasteiger partial charge in [0, 0.05) is 42.7 Å². The lowest BCUT2D eigenvalue weighted by Crippen LogP contribution is -2.34. The van der Waals surface area contributed by atoms with Crippen LogP contribution in [-0.4, -0.2) is 44.5 Å². The van der Waals surface area contributed by atoms with Crippen molar-refractivity contribution in [2.75, 3.05) is 32.7 Å². The summed E-state index contributed by atoms with van der Waals surface area (Å²) in [7, 11) is 4.68. The summed E-state index contributed by atoms with van der Waals surface area (Å²) in [6, 6.07) is 9.78. The molecule has 1 fully saturated rings. The molecule has 2 aromatic rings. The van der Waals surface area contributed by atoms with Gasteiger partial charge in [0.05, 0.1) is 25.8 Å². The Morgan fingerprint density at radius 1 is 1.24 bits per heavy atom. The van der Waals surface area contributed by atoms with Gasteiger partial charge in [0.25, 0.3) is 0 Å². The van der Waals surface area contributed by atoms with Crippen molar-refractivity contribution in [3.05, 3.63) is 52.3 Å². The van der Waals surface area contributed by atoms with Crippen LogP contribution in [0.15, 0.2) is 40.9 Å². The van der Waals surface area contributed by atoms with Gasteiger partial charge in [-0.2, -0.15) is 0 Å². The second-order valence-electron chi connectivity index (χ2n) is 6.87. The first-order chi connectivity index (χ1) is 13.8. The highest BCUT2D eigenvalue weighted by molar-refractivity contribution is 9.10. The molecule has 1 aliphatic heterocycles. The van der Waals surface area contributed by atoms with Gasteiger partial charge >= 0.3 is 0 Å². The van der Waals surface area contributed by atoms with Crippen molar-refractivity contribution in [2.24, 2.45) is 5.92 Å². The molecule has 1 heterocycles. The van der Waals surface area contributed by atoms with E-state index in [9.17, 15) is 14.0 Å². The Labute approximate surface area is 177 Å². The van der Waals surface area contributed by atoms with Gasteiger partial charge in [0.1, 0.15) is 17.3 Å². The van der Waals surface area contributed by atoms with Crippen LogP contribution in [0.5, 0.6) is 11.5 Å². The fraction of sp³-hybridized carbons (Fsp3) is 0.333. The summed E-state index contributed by atoms with van der Waals surface area (Å²) in [5.41, 5.74) is 0.971. The lowest BCUT2D eigenvalue weighted by Gasteiger charge is -2.23. The summed E-state index contributed by atoms with van der Waals surface area (Å²) >= 11 is 3.31. The van der Waals surface area contributed by atoms with Crippen molar-refractivity contribution in [1.82, 2.24) is 4.90 Å². The molecule has 1 aliphatic rings. The minimum absolute atomic E-state index is 0.0878. The first-order valence-electron chi connectivity index (χ1n) is 9.05. The average Bonchev–Trinajstić information content (AvgIpc) is 3.10. The maximum Gasteiger partial charge on any atom is 0.228 e. The van der Waals surface area contributed by atoms with Crippen LogP contribution in [-0.2, 0) is 16.1 Å². The summed E-state index contributed by atoms with van der Waals surface area (Å²) in [4.78, 5) is 28.5. The molecular formula is C21H22BrFN2O4. The van der Waals surface area contributed by atoms with E-state index in [1.54, 1.807) is 44.5 Å². The molecule has 0 bridgehead atoms. The lowest BCUT2D eigenvalue weighted by molar-refractivity contribution is -0.135. The highest BCUT2D eigenvalue weighted by atomic mass is 79.9. The van der Waals surface area contributed by atoms with Gasteiger partial charge in [-0.05, 0) is 30.3 Å². The molecule has 0 aliphatic carbocycles. The molecule has 0 spiro atoms. The van der Waals surface area contributed by atoms with Gasteiger partial charge in [0.2, 0.25) is 11.8 Å². The fourth-order valence-corrected chi connectivity index (χ4v) is 3.83. The number of ether oxygens (including phenoxy) is 2. The van der Waals surface area contributed by atoms with Crippen molar-refractivity contribution in [1.29, 1.82) is 0 Å². The quantitative estimate of drug-likeness (QED) is 0.654. The van der Waals surface area contributed by atoms with Crippen LogP contribution in [0, 0.1) is 11.7 Å². The van der Waals surface area contributed by atoms with Crippen LogP contribution in [0.4, 0.5) is 10.1 Å². The molecule has 29 heavy (non-hydrogen) atoms. The summed E-state index contributed by atoms with van der Waals surface area (Å²) < 4.78 is 25.4. The third-order valence-electron chi connectivity index (χ3n) is 4.94. The standard InChI is InChI=1S/C21H22BrFN2O4/c1-24(11-13-8-15(22)4-6-17(13)23)21(27)14-9-20(26)25(12-14)18-10-16(28-2)5-7-19(18)29-3/h4-8,10,14H,9,11-12H2,1-3H3. The van der Waals surface area contributed by atoms with Gasteiger partial charge in [0.15, 0.2) is 0 Å². The molecule has 1 saturated heterocycles. The Kier molecular flexibility index (Phi) is 6.42. The highest BCUT2D eigenvalue weighted by Crippen LogP contribution is 2.36. The smallest absolute Gasteiger partial charge is 0.228 e. The van der Waals surface area contributed by atoms with Crippen LogP contribution in [0.2, 0.25) is 0 Å². The fourth-order valence-electron chi connectivity index (χ4n) is 3.42. The summed E-state index contributed by atoms with van der Waals surface area (Å²) in [5, 5.41) is 0. The van der Waals surface area contributed by atoms with Crippen molar-refractivity contribution in [3.8, 4) is 11.5 Å². The maximum absolute atomic E-state index is 14.0. The zero-order chi connectivity index (χ0) is 21.1. The highest BCUT2D eigenvalue weighted by Gasteiger charge is 2.37. The molecule has 154 valence electrons. The molecule has 3 rings (SSSR count). The Hall–Kier alpha value is -2.61. The van der Waals surface area contributed by atoms with E-state index in [1.165, 1.54) is 23.0 Å². The number of hydrogen-bond donors (Lipinski definition) is 0. The third kappa shape index (κ3) is 4.53. The van der Waals surface area contributed by atoms with Crippen molar-refractivity contribution in [2.45, 2.75) is 13.0 Å². The molecule has 0 aromatic heterocycles. The van der Waals surface area contributed by atoms with Gasteiger partial charge in [-0.3, -0.25) is 9.59 Å². The van der Waals surface area contributed by atoms with Gasteiger partial charge < -0.3 is 19.3 Å². The average molecular weight is 465 g/mol. The molecule has 0 radical (unpaired) electrons. The molecule has 2 aromatic carbocycles. The monoisotopic (exact) mass is 464 g/mol. The van der Waals surface area contributed by atoms with Crippen LogP contribution in [0.25, 0.3) is 0 Å². The number of nitrogens with zero attached hydrogens (tertiary/aromatic N) is 2. The molecule has 6 nitrogen and oxygen atoms in total. The van der Waals surface area contributed by atoms with Crippen molar-refractivity contribution < 1.29 is 23.5 Å². The second-order valence-corrected chi connectivity index (χ2v) is 7.79. The predicted octanol–water partition coefficient (Wildman–Crippen LogP) is 3.62. The number of carbonyl (C=O) groups is 2. The largest absolute Gasteiger partial charge is 0.497 e. The van der Waals surface area contributed by atoms with Crippen LogP contribution in [0.3, 0.4) is 0 Å². The summed E-state index contributed by atoms with van der Waals surface area (Å²) in [6.07, 6.45) is 0.0878. The third-order valence-corrected chi connectivity index (χ3v) is 5.44. The van der Waals surface area contributed by atoms with E-state index < -0.39 is 5.92 Å². The molecule has 1 unspecified atom stereocenters. The summed E-state index contributed by atoms with van der Waals surface area (Å²) in [5.74, 6) is -0.154. The number of methoxy groups -OCH3 is 2. The Balaban J connectivity index is 1.76. The number of hydrogen-bond acceptors (Lipinski definition) is 4. The molecule has 0 N–H and O–H groups in total. The van der Waals surface area contributed by atoms with E-state index in [0.717, 1.165) is 4.47 Å². The maximum atomic E-state index is 14.0. The van der Waals surface area contributed by atoms with Crippen LogP contribution >= 0.6 is 15.9 Å². The zero-order valence-electron chi connectivity index (χ0n) is 16.4. The number of anilines is 1. The van der Waals surface area contributed by atoms with E-state index in [2.05, 4.69) is 15.9 Å². The van der Waals surface area contributed by atoms with Gasteiger partial charge in [-0.15, -0.1) is 0 Å². The summed E-state index contributed by atoms with van der Waals surface area (Å²) in [6.45, 7) is 0.351. The molecule has 8 heteroatoms. The first-order valence-corrected chi connectivity index (χ1v) is 9.84. The lowest BCUT2D eigenvalue weighted by atomic mass is 10.1. The zero-order valence-corrected chi connectivity index (χ0v) is 18.0. The van der Waals surface area contributed by atoms with Crippen LogP contribution < -0.4 is 14.4 Å². The van der Waals surface area contributed by atoms with Gasteiger partial charge in [-0.1, -0.05) is 15.9 Å². The Bertz CT molecular complexity index is 937. The van der Waals surface area contributed by atoms with Crippen LogP contribution in [0.1, 0.15) is 12.0 Å². The second kappa shape index (κ2) is 8.82. The Morgan fingerprint density at radius 2 is 2.00 bits per heavy atom. The minimum atomic E-state index is -0.515. The first kappa shape index (κ1) is 21.1. The minimum Gasteiger partial charge on any atom is -0.497 e. The van der Waals surface area contributed by atoms with Gasteiger partial charge in [-0.25, -0.2) is 4.39 Å². The molecule has 2 amide bonds. The van der Waals surface area contributed by atoms with Crippen molar-refractivity contribution >= 4 is 33.4 Å². The number of carbonyl (C=O) groups excluding carboxylic acids is 2. The number of halogens is 2. The predicted molar refractivity (Wildman–Crippen MR) is 111 cm³/mol. The van der Waals surface area contributed by atoms with Crippen molar-refractivity contribution in [3.63, 3.8) is 0 Å². The van der Waals surface area contributed by atoms with E-state index in [1.807, 2.05) is 0 Å². The number of rotatable bonds is 6. The van der Waals surface area contributed by atoms with E-state index >= 15 is 0 Å². The Morgan fingerprint density at radius 3 is 2.69 bits per heavy atom. The number of benzene rings is 2. The molecular weight excluding hydrogens is 443 g/mol.